The number of pyridine rings is 1. The molecule has 0 unspecified atom stereocenters. The SMILES string of the molecule is O=c1c(Cc2ccc(-c3ccccc3)cc2)cc(-c2ccc(C3CCCC3)cc2)cn1O. The van der Waals surface area contributed by atoms with Crippen molar-refractivity contribution in [2.24, 2.45) is 0 Å². The fourth-order valence-corrected chi connectivity index (χ4v) is 4.78. The van der Waals surface area contributed by atoms with Crippen LogP contribution < -0.4 is 5.56 Å². The topological polar surface area (TPSA) is 42.2 Å². The third-order valence-corrected chi connectivity index (χ3v) is 6.60. The van der Waals surface area contributed by atoms with Crippen LogP contribution in [0.15, 0.2) is 95.9 Å². The molecule has 1 aromatic heterocycles. The van der Waals surface area contributed by atoms with E-state index in [9.17, 15) is 10.0 Å². The van der Waals surface area contributed by atoms with Crippen molar-refractivity contribution in [1.29, 1.82) is 0 Å². The molecule has 4 aromatic rings. The zero-order valence-electron chi connectivity index (χ0n) is 18.1. The Morgan fingerprint density at radius 2 is 1.34 bits per heavy atom. The Morgan fingerprint density at radius 1 is 0.750 bits per heavy atom. The van der Waals surface area contributed by atoms with Crippen molar-refractivity contribution in [2.75, 3.05) is 0 Å². The van der Waals surface area contributed by atoms with E-state index in [0.717, 1.165) is 22.3 Å². The number of nitrogens with zero attached hydrogens (tertiary/aromatic N) is 1. The Morgan fingerprint density at radius 3 is 2.03 bits per heavy atom. The molecular formula is C29H27NO2. The lowest BCUT2D eigenvalue weighted by molar-refractivity contribution is 0.174. The summed E-state index contributed by atoms with van der Waals surface area (Å²) in [4.78, 5) is 12.6. The summed E-state index contributed by atoms with van der Waals surface area (Å²) in [5, 5.41) is 10.2. The Balaban J connectivity index is 1.39. The maximum Gasteiger partial charge on any atom is 0.286 e. The lowest BCUT2D eigenvalue weighted by Crippen LogP contribution is -2.21. The van der Waals surface area contributed by atoms with Gasteiger partial charge in [0.25, 0.3) is 5.56 Å². The molecule has 160 valence electrons. The van der Waals surface area contributed by atoms with E-state index in [4.69, 9.17) is 0 Å². The van der Waals surface area contributed by atoms with E-state index in [0.29, 0.717) is 22.6 Å². The van der Waals surface area contributed by atoms with E-state index in [1.165, 1.54) is 43.0 Å². The maximum absolute atomic E-state index is 12.6. The quantitative estimate of drug-likeness (QED) is 0.366. The summed E-state index contributed by atoms with van der Waals surface area (Å²) in [6.45, 7) is 0. The number of aromatic nitrogens is 1. The van der Waals surface area contributed by atoms with E-state index < -0.39 is 0 Å². The molecule has 0 atom stereocenters. The van der Waals surface area contributed by atoms with E-state index >= 15 is 0 Å². The van der Waals surface area contributed by atoms with Crippen LogP contribution in [0.25, 0.3) is 22.3 Å². The monoisotopic (exact) mass is 421 g/mol. The van der Waals surface area contributed by atoms with Gasteiger partial charge in [-0.05, 0) is 52.6 Å². The Hall–Kier alpha value is -3.59. The van der Waals surface area contributed by atoms with Crippen LogP contribution in [0.3, 0.4) is 0 Å². The van der Waals surface area contributed by atoms with Crippen molar-refractivity contribution in [3.05, 3.63) is 118 Å². The van der Waals surface area contributed by atoms with Gasteiger partial charge in [-0.15, -0.1) is 0 Å². The summed E-state index contributed by atoms with van der Waals surface area (Å²) in [6, 6.07) is 29.0. The molecule has 0 spiro atoms. The highest BCUT2D eigenvalue weighted by Gasteiger charge is 2.17. The maximum atomic E-state index is 12.6. The summed E-state index contributed by atoms with van der Waals surface area (Å²) >= 11 is 0. The van der Waals surface area contributed by atoms with Gasteiger partial charge in [0.2, 0.25) is 0 Å². The van der Waals surface area contributed by atoms with Crippen LogP contribution in [0.2, 0.25) is 0 Å². The van der Waals surface area contributed by atoms with E-state index in [1.54, 1.807) is 0 Å². The normalized spacial score (nSPS) is 14.0. The summed E-state index contributed by atoms with van der Waals surface area (Å²) in [5.41, 5.74) is 6.81. The standard InChI is InChI=1S/C29H27NO2/c31-29-27(18-21-10-12-24(13-11-21)22-6-2-1-3-7-22)19-28(20-30(29)32)26-16-14-25(15-17-26)23-8-4-5-9-23/h1-3,6-7,10-17,19-20,23,32H,4-5,8-9,18H2. The highest BCUT2D eigenvalue weighted by atomic mass is 16.5. The van der Waals surface area contributed by atoms with E-state index in [-0.39, 0.29) is 5.56 Å². The summed E-state index contributed by atoms with van der Waals surface area (Å²) in [6.07, 6.45) is 7.16. The van der Waals surface area contributed by atoms with Crippen molar-refractivity contribution in [3.63, 3.8) is 0 Å². The van der Waals surface area contributed by atoms with E-state index in [1.807, 2.05) is 36.4 Å². The fourth-order valence-electron chi connectivity index (χ4n) is 4.78. The van der Waals surface area contributed by atoms with Crippen LogP contribution in [-0.4, -0.2) is 9.94 Å². The minimum absolute atomic E-state index is 0.372. The lowest BCUT2D eigenvalue weighted by Gasteiger charge is -2.12. The van der Waals surface area contributed by atoms with Crippen molar-refractivity contribution in [1.82, 2.24) is 4.73 Å². The van der Waals surface area contributed by atoms with Gasteiger partial charge in [0, 0.05) is 17.5 Å². The van der Waals surface area contributed by atoms with Gasteiger partial charge in [0.15, 0.2) is 0 Å². The molecule has 0 bridgehead atoms. The highest BCUT2D eigenvalue weighted by Crippen LogP contribution is 2.35. The average Bonchev–Trinajstić information content (AvgIpc) is 3.38. The van der Waals surface area contributed by atoms with Crippen LogP contribution in [-0.2, 0) is 6.42 Å². The summed E-state index contributed by atoms with van der Waals surface area (Å²) in [7, 11) is 0. The smallest absolute Gasteiger partial charge is 0.286 e. The summed E-state index contributed by atoms with van der Waals surface area (Å²) < 4.78 is 0.716. The first-order chi connectivity index (χ1) is 15.7. The van der Waals surface area contributed by atoms with Gasteiger partial charge >= 0.3 is 0 Å². The number of rotatable bonds is 5. The third-order valence-electron chi connectivity index (χ3n) is 6.60. The lowest BCUT2D eigenvalue weighted by atomic mass is 9.95. The molecule has 3 nitrogen and oxygen atoms in total. The predicted molar refractivity (Wildman–Crippen MR) is 129 cm³/mol. The van der Waals surface area contributed by atoms with Gasteiger partial charge in [-0.3, -0.25) is 4.79 Å². The molecule has 1 saturated carbocycles. The van der Waals surface area contributed by atoms with Gasteiger partial charge in [-0.2, -0.15) is 4.73 Å². The van der Waals surface area contributed by atoms with Crippen molar-refractivity contribution in [3.8, 4) is 22.3 Å². The van der Waals surface area contributed by atoms with Crippen molar-refractivity contribution < 1.29 is 5.21 Å². The van der Waals surface area contributed by atoms with E-state index in [2.05, 4.69) is 48.5 Å². The molecule has 0 saturated heterocycles. The second kappa shape index (κ2) is 8.88. The van der Waals surface area contributed by atoms with Crippen LogP contribution in [0.4, 0.5) is 0 Å². The molecule has 1 aliphatic rings. The van der Waals surface area contributed by atoms with Gasteiger partial charge in [-0.25, -0.2) is 0 Å². The van der Waals surface area contributed by atoms with Gasteiger partial charge < -0.3 is 5.21 Å². The fraction of sp³-hybridized carbons (Fsp3) is 0.207. The molecule has 3 heteroatoms. The highest BCUT2D eigenvalue weighted by molar-refractivity contribution is 5.65. The van der Waals surface area contributed by atoms with Crippen molar-refractivity contribution >= 4 is 0 Å². The third kappa shape index (κ3) is 4.24. The molecule has 1 N–H and O–H groups in total. The van der Waals surface area contributed by atoms with Gasteiger partial charge in [0.1, 0.15) is 0 Å². The molecule has 0 radical (unpaired) electrons. The Kier molecular flexibility index (Phi) is 5.64. The largest absolute Gasteiger partial charge is 0.425 e. The minimum Gasteiger partial charge on any atom is -0.425 e. The zero-order valence-corrected chi connectivity index (χ0v) is 18.1. The first kappa shape index (κ1) is 20.3. The molecule has 1 fully saturated rings. The predicted octanol–water partition coefficient (Wildman–Crippen LogP) is 6.67. The second-order valence-corrected chi connectivity index (χ2v) is 8.75. The summed E-state index contributed by atoms with van der Waals surface area (Å²) in [5.74, 6) is 0.672. The Labute approximate surface area is 188 Å². The minimum atomic E-state index is -0.372. The molecule has 1 heterocycles. The number of hydrogen-bond acceptors (Lipinski definition) is 2. The van der Waals surface area contributed by atoms with Gasteiger partial charge in [-0.1, -0.05) is 91.7 Å². The Bertz CT molecular complexity index is 1250. The average molecular weight is 422 g/mol. The molecular weight excluding hydrogens is 394 g/mol. The number of benzene rings is 3. The molecule has 0 aliphatic heterocycles. The second-order valence-electron chi connectivity index (χ2n) is 8.75. The van der Waals surface area contributed by atoms with Crippen LogP contribution in [0.5, 0.6) is 0 Å². The van der Waals surface area contributed by atoms with Gasteiger partial charge in [0.05, 0.1) is 6.20 Å². The van der Waals surface area contributed by atoms with Crippen LogP contribution >= 0.6 is 0 Å². The zero-order chi connectivity index (χ0) is 21.9. The molecule has 0 amide bonds. The number of hydrogen-bond donors (Lipinski definition) is 1. The molecule has 3 aromatic carbocycles. The molecule has 1 aliphatic carbocycles. The first-order valence-corrected chi connectivity index (χ1v) is 11.4. The molecule has 32 heavy (non-hydrogen) atoms. The molecule has 5 rings (SSSR count). The first-order valence-electron chi connectivity index (χ1n) is 11.4. The van der Waals surface area contributed by atoms with Crippen LogP contribution in [0.1, 0.15) is 48.3 Å². The van der Waals surface area contributed by atoms with Crippen molar-refractivity contribution in [2.45, 2.75) is 38.0 Å². The van der Waals surface area contributed by atoms with Crippen LogP contribution in [0, 0.1) is 0 Å².